The molecule has 0 amide bonds. The molecule has 0 aliphatic rings. The van der Waals surface area contributed by atoms with Gasteiger partial charge in [0, 0.05) is 187 Å². The van der Waals surface area contributed by atoms with Gasteiger partial charge in [-0.1, -0.05) is 89.1 Å². The van der Waals surface area contributed by atoms with Crippen molar-refractivity contribution in [2.24, 2.45) is 351 Å². The fraction of sp³-hybridized carbons (Fsp3) is 1.00. The van der Waals surface area contributed by atoms with Crippen molar-refractivity contribution in [1.82, 2.24) is 0 Å². The Morgan fingerprint density at radius 1 is 0.0595 bits per heavy atom. The fourth-order valence-electron chi connectivity index (χ4n) is 0. The summed E-state index contributed by atoms with van der Waals surface area (Å²) in [5.41, 5.74) is 0. The molecule has 0 saturated heterocycles. The summed E-state index contributed by atoms with van der Waals surface area (Å²) in [7, 11) is 0. The van der Waals surface area contributed by atoms with E-state index in [1.807, 2.05) is 0 Å². The summed E-state index contributed by atoms with van der Waals surface area (Å²) in [4.78, 5) is 0. The molecule has 0 unspecified atom stereocenters. The summed E-state index contributed by atoms with van der Waals surface area (Å²) in [5, 5.41) is 0. The van der Waals surface area contributed by atoms with Crippen LogP contribution < -0.4 is 351 Å². The molecule has 0 radical (unpaired) electrons. The van der Waals surface area contributed by atoms with Gasteiger partial charge in [0.2, 0.25) is 0 Å². The molecule has 0 aromatic heterocycles. The van der Waals surface area contributed by atoms with Crippen LogP contribution in [0.25, 0.3) is 36.9 Å². The Kier molecular flexibility index (Phi) is 326000. The summed E-state index contributed by atoms with van der Waals surface area (Å²) in [6.45, 7) is 0. The molecule has 72 heteroatoms. The largest absolute Gasteiger partial charge is 0.693 e. The van der Waals surface area contributed by atoms with Crippen molar-refractivity contribution in [3.8, 4) is 0 Å². The van der Waals surface area contributed by atoms with E-state index in [9.17, 15) is 0 Å². The van der Waals surface area contributed by atoms with Crippen molar-refractivity contribution in [1.29, 1.82) is 0 Å². The second-order valence-corrected chi connectivity index (χ2v) is 0. The Bertz CT molecular complexity index is 79.5. The molecule has 66 nitrogen and oxygen atoms in total. The third kappa shape index (κ3) is 45600. The second-order valence-electron chi connectivity index (χ2n) is 0. The van der Waals surface area contributed by atoms with Crippen LogP contribution in [0.1, 0.15) is 89.1 Å². The molecule has 588 valence electrons. The van der Waals surface area contributed by atoms with E-state index in [1.54, 1.807) is 0 Å². The minimum absolute atomic E-state index is 0. The van der Waals surface area contributed by atoms with Crippen LogP contribution in [0.2, 0.25) is 0 Å². The predicted octanol–water partition coefficient (Wildman–Crippen LogP) is -23.5. The van der Waals surface area contributed by atoms with Crippen LogP contribution >= 0.6 is 0 Å². The van der Waals surface area contributed by atoms with Crippen LogP contribution in [0.4, 0.5) is 0 Å². The van der Waals surface area contributed by atoms with Crippen LogP contribution in [-0.4, -0.2) is 0 Å². The summed E-state index contributed by atoms with van der Waals surface area (Å²) in [6, 6.07) is 0. The standard InChI is InChI=1S/12CH4.30H4N2.6H2N.6U/c;;;;;;;;;;;;30*1-2;;;;;;;;;;;;/h12*1H4;30*1-2H2;6*1H2;;;;;;/q;;;;;;;;;;;;;;;;;;;;;;;;;;;;;;;;;;;;;;;;;;6*-1;;;;;;. The quantitative estimate of drug-likeness (QED) is 0.0791. The first-order chi connectivity index (χ1) is 30.0. The van der Waals surface area contributed by atoms with Crippen molar-refractivity contribution in [3.63, 3.8) is 0 Å². The van der Waals surface area contributed by atoms with Crippen molar-refractivity contribution >= 4 is 0 Å². The predicted molar refractivity (Wildman–Crippen MR) is 364 cm³/mol. The molecular formula is C12H180N66U6-6. The Hall–Kier alpha value is 3.67. The molecule has 0 aromatic rings. The molecule has 0 rings (SSSR count). The van der Waals surface area contributed by atoms with Crippen molar-refractivity contribution in [3.05, 3.63) is 36.9 Å². The first-order valence-corrected chi connectivity index (χ1v) is 10.0. The van der Waals surface area contributed by atoms with E-state index in [2.05, 4.69) is 351 Å². The Labute approximate surface area is 656 Å². The molecule has 132 N–H and O–H groups in total. The van der Waals surface area contributed by atoms with E-state index in [4.69, 9.17) is 0 Å². The van der Waals surface area contributed by atoms with E-state index in [-0.39, 0.29) is 313 Å². The van der Waals surface area contributed by atoms with Gasteiger partial charge < -0.3 is 36.9 Å². The number of hydrazine groups is 30. The average molecular weight is 2680 g/mol. The number of hydrogen-bond acceptors (Lipinski definition) is 60. The van der Waals surface area contributed by atoms with Gasteiger partial charge in [-0.25, -0.2) is 0 Å². The molecule has 0 fully saturated rings. The van der Waals surface area contributed by atoms with Crippen molar-refractivity contribution < 1.29 is 187 Å². The third-order valence-corrected chi connectivity index (χ3v) is 0. The van der Waals surface area contributed by atoms with Crippen LogP contribution in [0.15, 0.2) is 0 Å². The van der Waals surface area contributed by atoms with Gasteiger partial charge in [0.15, 0.2) is 0 Å². The molecule has 0 bridgehead atoms. The van der Waals surface area contributed by atoms with Gasteiger partial charge >= 0.3 is 0 Å². The molecule has 0 atom stereocenters. The molecular weight excluding hydrogens is 2500 g/mol. The van der Waals surface area contributed by atoms with Gasteiger partial charge in [0.1, 0.15) is 0 Å². The van der Waals surface area contributed by atoms with Gasteiger partial charge in [-0.05, 0) is 0 Å². The van der Waals surface area contributed by atoms with Gasteiger partial charge in [-0.15, -0.1) is 0 Å². The molecule has 0 aliphatic heterocycles. The fourth-order valence-corrected chi connectivity index (χ4v) is 0. The van der Waals surface area contributed by atoms with Crippen LogP contribution in [0.5, 0.6) is 0 Å². The molecule has 0 aliphatic carbocycles. The maximum Gasteiger partial charge on any atom is 0 e. The summed E-state index contributed by atoms with van der Waals surface area (Å²) < 4.78 is 0. The van der Waals surface area contributed by atoms with Gasteiger partial charge in [-0.3, -0.25) is 351 Å². The Morgan fingerprint density at radius 3 is 0.0595 bits per heavy atom. The molecule has 0 aromatic carbocycles. The summed E-state index contributed by atoms with van der Waals surface area (Å²) in [6.07, 6.45) is 0. The first-order valence-electron chi connectivity index (χ1n) is 10.0. The zero-order valence-electron chi connectivity index (χ0n) is 41.1. The topological polar surface area (TPSA) is 1760 Å². The summed E-state index contributed by atoms with van der Waals surface area (Å²) in [5.74, 6) is 240. The van der Waals surface area contributed by atoms with Crippen LogP contribution in [0, 0.1) is 187 Å². The van der Waals surface area contributed by atoms with E-state index < -0.39 is 0 Å². The normalized spacial score (nSPS) is 2.14. The van der Waals surface area contributed by atoms with Crippen molar-refractivity contribution in [2.75, 3.05) is 0 Å². The average Bonchev–Trinajstić information content (AvgIpc) is 3.50. The zero-order chi connectivity index (χ0) is 60.0. The zero-order valence-corrected chi connectivity index (χ0v) is 66.1. The number of rotatable bonds is 0. The van der Waals surface area contributed by atoms with Gasteiger partial charge in [0.05, 0.1) is 0 Å². The van der Waals surface area contributed by atoms with Crippen molar-refractivity contribution in [2.45, 2.75) is 89.1 Å². The third-order valence-electron chi connectivity index (χ3n) is 0. The Balaban J connectivity index is -0.00000000211. The molecule has 0 spiro atoms. The van der Waals surface area contributed by atoms with Gasteiger partial charge in [0.25, 0.3) is 0 Å². The van der Waals surface area contributed by atoms with E-state index in [0.717, 1.165) is 0 Å². The first kappa shape index (κ1) is 581. The smallest absolute Gasteiger partial charge is 0 e. The molecule has 0 saturated carbocycles. The summed E-state index contributed by atoms with van der Waals surface area (Å²) >= 11 is 0. The molecule has 0 heterocycles. The minimum atomic E-state index is 0. The van der Waals surface area contributed by atoms with Gasteiger partial charge in [-0.2, -0.15) is 0 Å². The Morgan fingerprint density at radius 2 is 0.0595 bits per heavy atom. The second kappa shape index (κ2) is 47200. The monoisotopic (exact) mass is 2680 g/mol. The van der Waals surface area contributed by atoms with E-state index in [0.29, 0.717) is 0 Å². The number of hydrogen-bond donors (Lipinski definition) is 60. The van der Waals surface area contributed by atoms with E-state index in [1.165, 1.54) is 0 Å². The van der Waals surface area contributed by atoms with Crippen LogP contribution in [-0.2, 0) is 0 Å². The SMILES string of the molecule is C.C.C.C.C.C.C.C.C.C.C.C.NN.NN.NN.NN.NN.NN.NN.NN.NN.NN.NN.NN.NN.NN.NN.NN.NN.NN.NN.NN.NN.NN.NN.NN.NN.NN.NN.NN.NN.NN.[NH2-].[NH2-].[NH2-].[NH2-].[NH2-].[NH2-].[U].[U].[U].[U].[U].[U]. The molecule has 84 heavy (non-hydrogen) atoms. The minimum Gasteiger partial charge on any atom is -0.693 e. The van der Waals surface area contributed by atoms with Crippen LogP contribution in [0.3, 0.4) is 0 Å². The maximum atomic E-state index is 4.00. The number of nitrogens with two attached hydrogens (primary N) is 66. The van der Waals surface area contributed by atoms with E-state index >= 15 is 0 Å². The maximum absolute atomic E-state index is 4.00.